The number of rotatable bonds is 7. The van der Waals surface area contributed by atoms with Crippen LogP contribution in [0.25, 0.3) is 0 Å². The van der Waals surface area contributed by atoms with Crippen LogP contribution in [0.4, 0.5) is 0 Å². The molecule has 17 heavy (non-hydrogen) atoms. The SMILES string of the molecule is CC/C=C\CCCCS(=O)(=O)c1ccccc1. The lowest BCUT2D eigenvalue weighted by Crippen LogP contribution is -2.06. The maximum atomic E-state index is 11.9. The zero-order valence-electron chi connectivity index (χ0n) is 10.3. The minimum absolute atomic E-state index is 0.247. The molecule has 0 spiro atoms. The van der Waals surface area contributed by atoms with E-state index in [-0.39, 0.29) is 5.75 Å². The molecule has 0 bridgehead atoms. The van der Waals surface area contributed by atoms with Crippen molar-refractivity contribution >= 4 is 9.84 Å². The fourth-order valence-corrected chi connectivity index (χ4v) is 2.98. The monoisotopic (exact) mass is 252 g/mol. The lowest BCUT2D eigenvalue weighted by molar-refractivity contribution is 0.591. The molecule has 0 amide bonds. The van der Waals surface area contributed by atoms with Crippen LogP contribution >= 0.6 is 0 Å². The van der Waals surface area contributed by atoms with Crippen molar-refractivity contribution in [2.45, 2.75) is 37.5 Å². The van der Waals surface area contributed by atoms with Crippen molar-refractivity contribution in [2.75, 3.05) is 5.75 Å². The molecular formula is C14H20O2S. The van der Waals surface area contributed by atoms with E-state index in [2.05, 4.69) is 19.1 Å². The Labute approximate surface area is 104 Å². The maximum Gasteiger partial charge on any atom is 0.178 e. The molecule has 0 radical (unpaired) electrons. The quantitative estimate of drug-likeness (QED) is 0.549. The van der Waals surface area contributed by atoms with E-state index in [4.69, 9.17) is 0 Å². The van der Waals surface area contributed by atoms with Crippen LogP contribution in [0.1, 0.15) is 32.6 Å². The summed E-state index contributed by atoms with van der Waals surface area (Å²) in [5.41, 5.74) is 0. The lowest BCUT2D eigenvalue weighted by Gasteiger charge is -2.03. The molecule has 0 atom stereocenters. The number of sulfone groups is 1. The van der Waals surface area contributed by atoms with E-state index in [1.165, 1.54) is 0 Å². The van der Waals surface area contributed by atoms with Crippen molar-refractivity contribution in [1.82, 2.24) is 0 Å². The molecule has 0 N–H and O–H groups in total. The van der Waals surface area contributed by atoms with E-state index in [1.54, 1.807) is 24.3 Å². The van der Waals surface area contributed by atoms with Crippen LogP contribution in [-0.2, 0) is 9.84 Å². The molecule has 1 aromatic rings. The molecule has 1 rings (SSSR count). The summed E-state index contributed by atoms with van der Waals surface area (Å²) in [5.74, 6) is 0.247. The molecule has 0 aromatic heterocycles. The van der Waals surface area contributed by atoms with E-state index in [0.29, 0.717) is 4.90 Å². The van der Waals surface area contributed by atoms with Gasteiger partial charge in [-0.25, -0.2) is 8.42 Å². The van der Waals surface area contributed by atoms with Gasteiger partial charge in [-0.15, -0.1) is 0 Å². The van der Waals surface area contributed by atoms with Gasteiger partial charge in [-0.05, 0) is 37.8 Å². The zero-order chi connectivity index (χ0) is 12.6. The van der Waals surface area contributed by atoms with Crippen LogP contribution in [0.2, 0.25) is 0 Å². The number of benzene rings is 1. The summed E-state index contributed by atoms with van der Waals surface area (Å²) in [5, 5.41) is 0. The molecule has 1 aromatic carbocycles. The van der Waals surface area contributed by atoms with Gasteiger partial charge in [0.15, 0.2) is 9.84 Å². The van der Waals surface area contributed by atoms with Gasteiger partial charge in [-0.1, -0.05) is 37.3 Å². The van der Waals surface area contributed by atoms with E-state index < -0.39 is 9.84 Å². The van der Waals surface area contributed by atoms with Crippen molar-refractivity contribution in [1.29, 1.82) is 0 Å². The number of hydrogen-bond donors (Lipinski definition) is 0. The van der Waals surface area contributed by atoms with E-state index in [1.807, 2.05) is 6.07 Å². The summed E-state index contributed by atoms with van der Waals surface area (Å²) in [6, 6.07) is 8.67. The van der Waals surface area contributed by atoms with Crippen LogP contribution in [0.3, 0.4) is 0 Å². The van der Waals surface area contributed by atoms with Crippen molar-refractivity contribution < 1.29 is 8.42 Å². The largest absolute Gasteiger partial charge is 0.224 e. The molecule has 0 aliphatic carbocycles. The van der Waals surface area contributed by atoms with Gasteiger partial charge in [-0.3, -0.25) is 0 Å². The molecular weight excluding hydrogens is 232 g/mol. The fraction of sp³-hybridized carbons (Fsp3) is 0.429. The molecule has 0 saturated carbocycles. The molecule has 0 aliphatic heterocycles. The molecule has 0 fully saturated rings. The Hall–Kier alpha value is -1.09. The first-order valence-corrected chi connectivity index (χ1v) is 7.75. The van der Waals surface area contributed by atoms with Gasteiger partial charge in [0, 0.05) is 0 Å². The molecule has 0 saturated heterocycles. The Balaban J connectivity index is 2.39. The van der Waals surface area contributed by atoms with Gasteiger partial charge in [0.25, 0.3) is 0 Å². The molecule has 0 unspecified atom stereocenters. The van der Waals surface area contributed by atoms with E-state index in [9.17, 15) is 8.42 Å². The number of hydrogen-bond acceptors (Lipinski definition) is 2. The van der Waals surface area contributed by atoms with Crippen molar-refractivity contribution in [2.24, 2.45) is 0 Å². The Bertz CT molecular complexity index is 433. The van der Waals surface area contributed by atoms with Crippen molar-refractivity contribution in [3.63, 3.8) is 0 Å². The summed E-state index contributed by atoms with van der Waals surface area (Å²) in [6.07, 6.45) is 7.91. The smallest absolute Gasteiger partial charge is 0.178 e. The predicted molar refractivity (Wildman–Crippen MR) is 71.8 cm³/mol. The van der Waals surface area contributed by atoms with Gasteiger partial charge in [0.2, 0.25) is 0 Å². The topological polar surface area (TPSA) is 34.1 Å². The highest BCUT2D eigenvalue weighted by molar-refractivity contribution is 7.91. The molecule has 3 heteroatoms. The minimum atomic E-state index is -3.08. The molecule has 94 valence electrons. The summed E-state index contributed by atoms with van der Waals surface area (Å²) in [6.45, 7) is 2.09. The Morgan fingerprint density at radius 1 is 1.06 bits per heavy atom. The van der Waals surface area contributed by atoms with Crippen LogP contribution in [0.5, 0.6) is 0 Å². The normalized spacial score (nSPS) is 12.1. The van der Waals surface area contributed by atoms with Crippen LogP contribution < -0.4 is 0 Å². The maximum absolute atomic E-state index is 11.9. The average molecular weight is 252 g/mol. The second-order valence-corrected chi connectivity index (χ2v) is 6.12. The van der Waals surface area contributed by atoms with E-state index in [0.717, 1.165) is 25.7 Å². The standard InChI is InChI=1S/C14H20O2S/c1-2-3-4-5-6-10-13-17(15,16)14-11-8-7-9-12-14/h3-4,7-9,11-12H,2,5-6,10,13H2,1H3/b4-3-. The predicted octanol–water partition coefficient (Wildman–Crippen LogP) is 3.60. The minimum Gasteiger partial charge on any atom is -0.224 e. The third-order valence-corrected chi connectivity index (χ3v) is 4.36. The number of unbranched alkanes of at least 4 members (excludes halogenated alkanes) is 2. The first-order chi connectivity index (χ1) is 8.17. The van der Waals surface area contributed by atoms with Crippen molar-refractivity contribution in [3.8, 4) is 0 Å². The molecule has 2 nitrogen and oxygen atoms in total. The summed E-state index contributed by atoms with van der Waals surface area (Å²) in [7, 11) is -3.08. The Morgan fingerprint density at radius 3 is 2.41 bits per heavy atom. The summed E-state index contributed by atoms with van der Waals surface area (Å²) < 4.78 is 23.8. The molecule has 0 heterocycles. The highest BCUT2D eigenvalue weighted by Gasteiger charge is 2.12. The Kier molecular flexibility index (Phi) is 5.98. The van der Waals surface area contributed by atoms with Gasteiger partial charge in [-0.2, -0.15) is 0 Å². The highest BCUT2D eigenvalue weighted by Crippen LogP contribution is 2.12. The fourth-order valence-electron chi connectivity index (χ4n) is 1.58. The third-order valence-electron chi connectivity index (χ3n) is 2.54. The summed E-state index contributed by atoms with van der Waals surface area (Å²) >= 11 is 0. The van der Waals surface area contributed by atoms with Crippen LogP contribution in [-0.4, -0.2) is 14.2 Å². The Morgan fingerprint density at radius 2 is 1.76 bits per heavy atom. The lowest BCUT2D eigenvalue weighted by atomic mass is 10.2. The second-order valence-electron chi connectivity index (χ2n) is 4.01. The van der Waals surface area contributed by atoms with Crippen LogP contribution in [0.15, 0.2) is 47.4 Å². The first kappa shape index (κ1) is 14.0. The van der Waals surface area contributed by atoms with Gasteiger partial charge in [0.1, 0.15) is 0 Å². The second kappa shape index (κ2) is 7.28. The highest BCUT2D eigenvalue weighted by atomic mass is 32.2. The van der Waals surface area contributed by atoms with E-state index >= 15 is 0 Å². The van der Waals surface area contributed by atoms with Crippen molar-refractivity contribution in [3.05, 3.63) is 42.5 Å². The summed E-state index contributed by atoms with van der Waals surface area (Å²) in [4.78, 5) is 0.434. The molecule has 0 aliphatic rings. The average Bonchev–Trinajstić information content (AvgIpc) is 2.35. The van der Waals surface area contributed by atoms with Gasteiger partial charge in [0.05, 0.1) is 10.6 Å². The van der Waals surface area contributed by atoms with Gasteiger partial charge >= 0.3 is 0 Å². The number of allylic oxidation sites excluding steroid dienone is 2. The first-order valence-electron chi connectivity index (χ1n) is 6.09. The van der Waals surface area contributed by atoms with Gasteiger partial charge < -0.3 is 0 Å². The van der Waals surface area contributed by atoms with Crippen LogP contribution in [0, 0.1) is 0 Å². The third kappa shape index (κ3) is 5.18. The zero-order valence-corrected chi connectivity index (χ0v) is 11.1.